The van der Waals surface area contributed by atoms with Crippen molar-refractivity contribution in [1.82, 2.24) is 14.8 Å². The minimum Gasteiger partial charge on any atom is -0.336 e. The number of nitro groups is 1. The average molecular weight is 438 g/mol. The molecule has 1 aromatic carbocycles. The van der Waals surface area contributed by atoms with E-state index in [2.05, 4.69) is 9.88 Å². The molecule has 32 heavy (non-hydrogen) atoms. The summed E-state index contributed by atoms with van der Waals surface area (Å²) in [5, 5.41) is 11.0. The Hall–Kier alpha value is -3.33. The highest BCUT2D eigenvalue weighted by atomic mass is 16.6. The van der Waals surface area contributed by atoms with Gasteiger partial charge in [0.15, 0.2) is 5.78 Å². The van der Waals surface area contributed by atoms with Crippen LogP contribution in [-0.2, 0) is 13.0 Å². The number of piperazine rings is 1. The third-order valence-electron chi connectivity index (χ3n) is 6.14. The van der Waals surface area contributed by atoms with Crippen molar-refractivity contribution in [1.29, 1.82) is 0 Å². The molecule has 0 bridgehead atoms. The maximum atomic E-state index is 13.0. The molecule has 4 rings (SSSR count). The fourth-order valence-electron chi connectivity index (χ4n) is 4.49. The quantitative estimate of drug-likeness (QED) is 0.579. The number of nitrogens with one attached hydrogen (secondary N) is 1. The summed E-state index contributed by atoms with van der Waals surface area (Å²) < 4.78 is 0. The minimum atomic E-state index is -0.460. The van der Waals surface area contributed by atoms with E-state index in [0.717, 1.165) is 5.56 Å². The van der Waals surface area contributed by atoms with Gasteiger partial charge in [0.1, 0.15) is 5.56 Å². The molecule has 9 heteroatoms. The zero-order chi connectivity index (χ0) is 23.0. The minimum absolute atomic E-state index is 0.00365. The van der Waals surface area contributed by atoms with Gasteiger partial charge in [0.25, 0.3) is 17.2 Å². The number of nitro benzene ring substituents is 1. The molecule has 1 amide bonds. The Balaban J connectivity index is 1.43. The number of hydrogen-bond donors (Lipinski definition) is 1. The fourth-order valence-corrected chi connectivity index (χ4v) is 4.49. The van der Waals surface area contributed by atoms with Gasteiger partial charge in [-0.3, -0.25) is 29.4 Å². The molecule has 2 heterocycles. The highest BCUT2D eigenvalue weighted by Crippen LogP contribution is 2.33. The van der Waals surface area contributed by atoms with Crippen LogP contribution < -0.4 is 5.56 Å². The summed E-state index contributed by atoms with van der Waals surface area (Å²) in [7, 11) is 0. The number of non-ortho nitro benzene ring substituents is 1. The Kier molecular flexibility index (Phi) is 5.68. The predicted octanol–water partition coefficient (Wildman–Crippen LogP) is 2.40. The number of fused-ring (bicyclic) bond motifs is 1. The number of aromatic nitrogens is 1. The molecule has 0 unspecified atom stereocenters. The van der Waals surface area contributed by atoms with E-state index in [1.54, 1.807) is 17.0 Å². The van der Waals surface area contributed by atoms with Crippen LogP contribution in [0.1, 0.15) is 52.2 Å². The smallest absolute Gasteiger partial charge is 0.269 e. The van der Waals surface area contributed by atoms with Crippen LogP contribution in [0.2, 0.25) is 0 Å². The number of aromatic amines is 1. The fraction of sp³-hybridized carbons (Fsp3) is 0.435. The van der Waals surface area contributed by atoms with Crippen LogP contribution in [0.3, 0.4) is 0 Å². The van der Waals surface area contributed by atoms with Crippen LogP contribution >= 0.6 is 0 Å². The zero-order valence-corrected chi connectivity index (χ0v) is 18.2. The molecule has 2 aliphatic rings. The van der Waals surface area contributed by atoms with Crippen LogP contribution in [0, 0.1) is 15.5 Å². The summed E-state index contributed by atoms with van der Waals surface area (Å²) in [4.78, 5) is 55.2. The summed E-state index contributed by atoms with van der Waals surface area (Å²) in [6.45, 7) is 6.56. The van der Waals surface area contributed by atoms with Gasteiger partial charge in [-0.25, -0.2) is 0 Å². The molecule has 0 atom stereocenters. The first-order valence-electron chi connectivity index (χ1n) is 10.7. The number of benzene rings is 1. The summed E-state index contributed by atoms with van der Waals surface area (Å²) in [6, 6.07) is 7.99. The van der Waals surface area contributed by atoms with Gasteiger partial charge in [0, 0.05) is 62.5 Å². The summed E-state index contributed by atoms with van der Waals surface area (Å²) in [5.74, 6) is -0.426. The Morgan fingerprint density at radius 3 is 2.53 bits per heavy atom. The van der Waals surface area contributed by atoms with Gasteiger partial charge >= 0.3 is 0 Å². The first-order valence-corrected chi connectivity index (χ1v) is 10.7. The van der Waals surface area contributed by atoms with E-state index in [4.69, 9.17) is 0 Å². The number of amides is 1. The summed E-state index contributed by atoms with van der Waals surface area (Å²) in [6.07, 6.45) is 0.976. The average Bonchev–Trinajstić information content (AvgIpc) is 2.73. The van der Waals surface area contributed by atoms with Crippen LogP contribution in [0.25, 0.3) is 0 Å². The van der Waals surface area contributed by atoms with E-state index in [0.29, 0.717) is 56.8 Å². The van der Waals surface area contributed by atoms with Crippen molar-refractivity contribution in [2.45, 2.75) is 33.2 Å². The first kappa shape index (κ1) is 21.9. The molecule has 0 radical (unpaired) electrons. The van der Waals surface area contributed by atoms with Crippen LogP contribution in [0.15, 0.2) is 35.1 Å². The normalized spacial score (nSPS) is 18.3. The molecule has 9 nitrogen and oxygen atoms in total. The molecule has 1 N–H and O–H groups in total. The lowest BCUT2D eigenvalue weighted by Crippen LogP contribution is -2.49. The Labute approximate surface area is 185 Å². The third kappa shape index (κ3) is 4.47. The molecule has 168 valence electrons. The molecule has 1 aliphatic carbocycles. The highest BCUT2D eigenvalue weighted by molar-refractivity contribution is 6.02. The van der Waals surface area contributed by atoms with Crippen molar-refractivity contribution in [3.63, 3.8) is 0 Å². The molecular formula is C23H26N4O5. The number of ketones is 1. The van der Waals surface area contributed by atoms with Crippen LogP contribution in [0.4, 0.5) is 5.69 Å². The van der Waals surface area contributed by atoms with Crippen LogP contribution in [0.5, 0.6) is 0 Å². The first-order chi connectivity index (χ1) is 15.1. The van der Waals surface area contributed by atoms with E-state index in [-0.39, 0.29) is 28.4 Å². The number of nitrogens with zero attached hydrogens (tertiary/aromatic N) is 3. The standard InChI is InChI=1S/C23H26N4O5/c1-23(2)12-19-17(20(28)13-23)11-18(21(29)24-19)22(30)26-8-6-25(7-9-26)14-15-4-3-5-16(10-15)27(31)32/h3-5,10-11H,6-9,12-14H2,1-2H3,(H,24,29). The third-order valence-corrected chi connectivity index (χ3v) is 6.14. The van der Waals surface area contributed by atoms with E-state index in [1.807, 2.05) is 19.9 Å². The number of pyridine rings is 1. The van der Waals surface area contributed by atoms with Crippen molar-refractivity contribution in [3.05, 3.63) is 73.2 Å². The SMILES string of the molecule is CC1(C)CC(=O)c2cc(C(=O)N3CCN(Cc4cccc([N+](=O)[O-])c4)CC3)c(=O)[nH]c2C1. The number of carbonyl (C=O) groups is 2. The largest absolute Gasteiger partial charge is 0.336 e. The van der Waals surface area contributed by atoms with Crippen molar-refractivity contribution in [2.24, 2.45) is 5.41 Å². The number of hydrogen-bond acceptors (Lipinski definition) is 6. The summed E-state index contributed by atoms with van der Waals surface area (Å²) in [5.41, 5.74) is 1.27. The van der Waals surface area contributed by atoms with E-state index >= 15 is 0 Å². The van der Waals surface area contributed by atoms with Crippen molar-refractivity contribution in [2.75, 3.05) is 26.2 Å². The second kappa shape index (κ2) is 8.31. The van der Waals surface area contributed by atoms with Gasteiger partial charge in [0.05, 0.1) is 4.92 Å². The van der Waals surface area contributed by atoms with Gasteiger partial charge in [0.2, 0.25) is 0 Å². The second-order valence-corrected chi connectivity index (χ2v) is 9.34. The molecule has 1 fully saturated rings. The van der Waals surface area contributed by atoms with Gasteiger partial charge < -0.3 is 9.88 Å². The molecule has 1 saturated heterocycles. The molecular weight excluding hydrogens is 412 g/mol. The molecule has 0 spiro atoms. The Morgan fingerprint density at radius 1 is 1.12 bits per heavy atom. The van der Waals surface area contributed by atoms with E-state index < -0.39 is 10.5 Å². The number of carbonyl (C=O) groups excluding carboxylic acids is 2. The molecule has 1 aromatic heterocycles. The maximum Gasteiger partial charge on any atom is 0.269 e. The Morgan fingerprint density at radius 2 is 1.84 bits per heavy atom. The highest BCUT2D eigenvalue weighted by Gasteiger charge is 2.33. The lowest BCUT2D eigenvalue weighted by molar-refractivity contribution is -0.384. The van der Waals surface area contributed by atoms with Crippen molar-refractivity contribution < 1.29 is 14.5 Å². The van der Waals surface area contributed by atoms with Gasteiger partial charge in [-0.05, 0) is 23.5 Å². The Bertz CT molecular complexity index is 1150. The van der Waals surface area contributed by atoms with Gasteiger partial charge in [-0.15, -0.1) is 0 Å². The zero-order valence-electron chi connectivity index (χ0n) is 18.2. The summed E-state index contributed by atoms with van der Waals surface area (Å²) >= 11 is 0. The second-order valence-electron chi connectivity index (χ2n) is 9.34. The lowest BCUT2D eigenvalue weighted by atomic mass is 9.75. The molecule has 1 aliphatic heterocycles. The lowest BCUT2D eigenvalue weighted by Gasteiger charge is -2.35. The van der Waals surface area contributed by atoms with Gasteiger partial charge in [-0.1, -0.05) is 26.0 Å². The van der Waals surface area contributed by atoms with Crippen molar-refractivity contribution >= 4 is 17.4 Å². The van der Waals surface area contributed by atoms with E-state index in [1.165, 1.54) is 12.1 Å². The van der Waals surface area contributed by atoms with Crippen LogP contribution in [-0.4, -0.2) is 57.6 Å². The number of Topliss-reactive ketones (excluding diaryl/α,β-unsaturated/α-hetero) is 1. The maximum absolute atomic E-state index is 13.0. The number of H-pyrrole nitrogens is 1. The number of rotatable bonds is 4. The predicted molar refractivity (Wildman–Crippen MR) is 118 cm³/mol. The van der Waals surface area contributed by atoms with E-state index in [9.17, 15) is 24.5 Å². The molecule has 2 aromatic rings. The van der Waals surface area contributed by atoms with Gasteiger partial charge in [-0.2, -0.15) is 0 Å². The monoisotopic (exact) mass is 438 g/mol. The molecule has 0 saturated carbocycles. The topological polar surface area (TPSA) is 117 Å². The van der Waals surface area contributed by atoms with Crippen molar-refractivity contribution in [3.8, 4) is 0 Å².